The van der Waals surface area contributed by atoms with Crippen LogP contribution in [0, 0.1) is 5.82 Å². The topological polar surface area (TPSA) is 20.2 Å². The van der Waals surface area contributed by atoms with Crippen LogP contribution in [-0.2, 0) is 0 Å². The Labute approximate surface area is 86.9 Å². The molecule has 0 spiro atoms. The van der Waals surface area contributed by atoms with Crippen molar-refractivity contribution in [2.75, 3.05) is 5.33 Å². The predicted molar refractivity (Wildman–Crippen MR) is 52.9 cm³/mol. The third kappa shape index (κ3) is 2.28. The van der Waals surface area contributed by atoms with Crippen molar-refractivity contribution < 1.29 is 9.50 Å². The molecular formula is C8H7Br2FO. The Kier molecular flexibility index (Phi) is 3.68. The Balaban J connectivity index is 3.01. The minimum atomic E-state index is -0.597. The van der Waals surface area contributed by atoms with E-state index >= 15 is 0 Å². The van der Waals surface area contributed by atoms with Crippen molar-refractivity contribution in [3.05, 3.63) is 34.1 Å². The maximum absolute atomic E-state index is 12.6. The molecule has 1 aromatic carbocycles. The van der Waals surface area contributed by atoms with Crippen molar-refractivity contribution in [3.8, 4) is 0 Å². The molecule has 0 heterocycles. The molecule has 0 fully saturated rings. The predicted octanol–water partition coefficient (Wildman–Crippen LogP) is 3.02. The van der Waals surface area contributed by atoms with E-state index in [0.717, 1.165) is 0 Å². The van der Waals surface area contributed by atoms with E-state index in [2.05, 4.69) is 31.9 Å². The summed E-state index contributed by atoms with van der Waals surface area (Å²) in [6, 6.07) is 4.22. The average molecular weight is 298 g/mol. The number of alkyl halides is 1. The SMILES string of the molecule is O[C@H](CBr)c1ccc(F)cc1Br. The number of rotatable bonds is 2. The minimum Gasteiger partial charge on any atom is -0.388 e. The van der Waals surface area contributed by atoms with Gasteiger partial charge in [-0.15, -0.1) is 0 Å². The highest BCUT2D eigenvalue weighted by Crippen LogP contribution is 2.25. The normalized spacial score (nSPS) is 13.0. The van der Waals surface area contributed by atoms with Crippen molar-refractivity contribution >= 4 is 31.9 Å². The van der Waals surface area contributed by atoms with Gasteiger partial charge in [0.05, 0.1) is 6.10 Å². The first-order valence-corrected chi connectivity index (χ1v) is 5.25. The van der Waals surface area contributed by atoms with Crippen LogP contribution in [0.25, 0.3) is 0 Å². The quantitative estimate of drug-likeness (QED) is 0.832. The molecule has 12 heavy (non-hydrogen) atoms. The van der Waals surface area contributed by atoms with E-state index in [0.29, 0.717) is 15.4 Å². The molecule has 0 saturated heterocycles. The van der Waals surface area contributed by atoms with E-state index in [4.69, 9.17) is 0 Å². The summed E-state index contributed by atoms with van der Waals surface area (Å²) in [6.45, 7) is 0. The van der Waals surface area contributed by atoms with Gasteiger partial charge in [0.1, 0.15) is 5.82 Å². The van der Waals surface area contributed by atoms with Gasteiger partial charge in [0, 0.05) is 9.80 Å². The van der Waals surface area contributed by atoms with E-state index in [9.17, 15) is 9.50 Å². The molecule has 1 rings (SSSR count). The second-order valence-electron chi connectivity index (χ2n) is 2.34. The molecule has 0 saturated carbocycles. The van der Waals surface area contributed by atoms with Gasteiger partial charge in [0.2, 0.25) is 0 Å². The lowest BCUT2D eigenvalue weighted by Crippen LogP contribution is -1.99. The number of hydrogen-bond donors (Lipinski definition) is 1. The zero-order chi connectivity index (χ0) is 9.14. The Morgan fingerprint density at radius 2 is 2.17 bits per heavy atom. The summed E-state index contributed by atoms with van der Waals surface area (Å²) in [4.78, 5) is 0. The second-order valence-corrected chi connectivity index (χ2v) is 3.84. The molecule has 0 aliphatic heterocycles. The number of aliphatic hydroxyl groups is 1. The molecule has 0 amide bonds. The molecule has 0 aliphatic rings. The summed E-state index contributed by atoms with van der Waals surface area (Å²) in [7, 11) is 0. The second kappa shape index (κ2) is 4.35. The van der Waals surface area contributed by atoms with Crippen LogP contribution >= 0.6 is 31.9 Å². The van der Waals surface area contributed by atoms with Gasteiger partial charge in [-0.3, -0.25) is 0 Å². The molecule has 1 N–H and O–H groups in total. The molecule has 0 bridgehead atoms. The van der Waals surface area contributed by atoms with Crippen LogP contribution in [0.2, 0.25) is 0 Å². The van der Waals surface area contributed by atoms with Gasteiger partial charge in [0.25, 0.3) is 0 Å². The van der Waals surface area contributed by atoms with Crippen LogP contribution < -0.4 is 0 Å². The number of hydrogen-bond acceptors (Lipinski definition) is 1. The largest absolute Gasteiger partial charge is 0.388 e. The van der Waals surface area contributed by atoms with Crippen molar-refractivity contribution in [3.63, 3.8) is 0 Å². The van der Waals surface area contributed by atoms with Crippen molar-refractivity contribution in [2.24, 2.45) is 0 Å². The summed E-state index contributed by atoms with van der Waals surface area (Å²) in [5.74, 6) is -0.313. The molecule has 1 aromatic rings. The molecule has 0 aliphatic carbocycles. The van der Waals surface area contributed by atoms with Gasteiger partial charge >= 0.3 is 0 Å². The first-order chi connectivity index (χ1) is 5.65. The zero-order valence-electron chi connectivity index (χ0n) is 6.10. The molecule has 1 nitrogen and oxygen atoms in total. The molecule has 0 unspecified atom stereocenters. The molecule has 4 heteroatoms. The molecule has 0 aromatic heterocycles. The monoisotopic (exact) mass is 296 g/mol. The Morgan fingerprint density at radius 3 is 2.67 bits per heavy atom. The van der Waals surface area contributed by atoms with Crippen LogP contribution in [0.5, 0.6) is 0 Å². The number of aliphatic hydroxyl groups excluding tert-OH is 1. The fourth-order valence-corrected chi connectivity index (χ4v) is 1.82. The van der Waals surface area contributed by atoms with E-state index in [1.165, 1.54) is 12.1 Å². The summed E-state index contributed by atoms with van der Waals surface area (Å²) in [6.07, 6.45) is -0.597. The Hall–Kier alpha value is 0.0700. The molecule has 1 atom stereocenters. The van der Waals surface area contributed by atoms with E-state index in [-0.39, 0.29) is 5.82 Å². The average Bonchev–Trinajstić information content (AvgIpc) is 2.03. The van der Waals surface area contributed by atoms with Crippen LogP contribution in [0.1, 0.15) is 11.7 Å². The van der Waals surface area contributed by atoms with Crippen LogP contribution in [-0.4, -0.2) is 10.4 Å². The highest BCUT2D eigenvalue weighted by atomic mass is 79.9. The highest BCUT2D eigenvalue weighted by molar-refractivity contribution is 9.10. The summed E-state index contributed by atoms with van der Waals surface area (Å²) in [5, 5.41) is 9.84. The smallest absolute Gasteiger partial charge is 0.124 e. The van der Waals surface area contributed by atoms with Crippen LogP contribution in [0.4, 0.5) is 4.39 Å². The highest BCUT2D eigenvalue weighted by Gasteiger charge is 2.09. The molecular weight excluding hydrogens is 291 g/mol. The van der Waals surface area contributed by atoms with E-state index in [1.54, 1.807) is 6.07 Å². The molecule has 66 valence electrons. The van der Waals surface area contributed by atoms with Gasteiger partial charge in [-0.1, -0.05) is 37.9 Å². The lowest BCUT2D eigenvalue weighted by molar-refractivity contribution is 0.204. The van der Waals surface area contributed by atoms with Gasteiger partial charge < -0.3 is 5.11 Å². The third-order valence-electron chi connectivity index (χ3n) is 1.47. The summed E-state index contributed by atoms with van der Waals surface area (Å²) in [5.41, 5.74) is 0.688. The maximum atomic E-state index is 12.6. The van der Waals surface area contributed by atoms with Crippen molar-refractivity contribution in [2.45, 2.75) is 6.10 Å². The van der Waals surface area contributed by atoms with Crippen LogP contribution in [0.15, 0.2) is 22.7 Å². The van der Waals surface area contributed by atoms with Gasteiger partial charge in [-0.2, -0.15) is 0 Å². The third-order valence-corrected chi connectivity index (χ3v) is 2.77. The fourth-order valence-electron chi connectivity index (χ4n) is 0.855. The molecule has 0 radical (unpaired) electrons. The van der Waals surface area contributed by atoms with Crippen LogP contribution in [0.3, 0.4) is 0 Å². The minimum absolute atomic E-state index is 0.313. The maximum Gasteiger partial charge on any atom is 0.124 e. The Bertz CT molecular complexity index is 278. The first-order valence-electron chi connectivity index (χ1n) is 3.34. The summed E-state index contributed by atoms with van der Waals surface area (Å²) >= 11 is 6.31. The van der Waals surface area contributed by atoms with E-state index in [1.807, 2.05) is 0 Å². The first kappa shape index (κ1) is 10.2. The van der Waals surface area contributed by atoms with Crippen molar-refractivity contribution in [1.29, 1.82) is 0 Å². The number of halogens is 3. The number of benzene rings is 1. The van der Waals surface area contributed by atoms with E-state index < -0.39 is 6.10 Å². The standard InChI is InChI=1S/C8H7Br2FO/c9-4-8(12)6-2-1-5(11)3-7(6)10/h1-3,8,12H,4H2/t8-/m1/s1. The van der Waals surface area contributed by atoms with Crippen molar-refractivity contribution in [1.82, 2.24) is 0 Å². The summed E-state index contributed by atoms with van der Waals surface area (Å²) < 4.78 is 13.2. The van der Waals surface area contributed by atoms with Gasteiger partial charge in [-0.05, 0) is 17.7 Å². The lowest BCUT2D eigenvalue weighted by Gasteiger charge is -2.08. The fraction of sp³-hybridized carbons (Fsp3) is 0.250. The lowest BCUT2D eigenvalue weighted by atomic mass is 10.1. The van der Waals surface area contributed by atoms with Gasteiger partial charge in [-0.25, -0.2) is 4.39 Å². The van der Waals surface area contributed by atoms with Gasteiger partial charge in [0.15, 0.2) is 0 Å². The zero-order valence-corrected chi connectivity index (χ0v) is 9.27. The Morgan fingerprint density at radius 1 is 1.50 bits per heavy atom.